The molecule has 8 heavy (non-hydrogen) atoms. The van der Waals surface area contributed by atoms with Crippen LogP contribution in [0.3, 0.4) is 0 Å². The Labute approximate surface area is 48.6 Å². The number of hydrogen-bond acceptors (Lipinski definition) is 2. The largest absolute Gasteiger partial charge is 0.376 e. The zero-order valence-electron chi connectivity index (χ0n) is 5.06. The molecule has 0 fully saturated rings. The number of allylic oxidation sites excluding steroid dienone is 1. The second-order valence-electron chi connectivity index (χ2n) is 2.08. The lowest BCUT2D eigenvalue weighted by atomic mass is 10.0. The van der Waals surface area contributed by atoms with Crippen molar-refractivity contribution >= 4 is 6.29 Å². The van der Waals surface area contributed by atoms with Crippen molar-refractivity contribution in [3.8, 4) is 0 Å². The molecule has 0 bridgehead atoms. The van der Waals surface area contributed by atoms with Crippen LogP contribution in [0.25, 0.3) is 0 Å². The Bertz CT molecular complexity index is 149. The molecule has 0 aromatic rings. The van der Waals surface area contributed by atoms with Crippen LogP contribution in [0.2, 0.25) is 0 Å². The third-order valence-corrected chi connectivity index (χ3v) is 1.56. The molecular formula is C6H9NO. The van der Waals surface area contributed by atoms with Gasteiger partial charge in [0.05, 0.1) is 5.70 Å². The van der Waals surface area contributed by atoms with E-state index in [-0.39, 0.29) is 0 Å². The van der Waals surface area contributed by atoms with Gasteiger partial charge in [-0.1, -0.05) is 0 Å². The average molecular weight is 111 g/mol. The maximum atomic E-state index is 10.0. The summed E-state index contributed by atoms with van der Waals surface area (Å²) in [4.78, 5) is 10.0. The summed E-state index contributed by atoms with van der Waals surface area (Å²) >= 11 is 0. The number of nitrogens with one attached hydrogen (secondary N) is 1. The SMILES string of the molecule is CC1=C(C=O)NC1C. The maximum absolute atomic E-state index is 10.0. The van der Waals surface area contributed by atoms with Crippen molar-refractivity contribution in [3.63, 3.8) is 0 Å². The van der Waals surface area contributed by atoms with Crippen LogP contribution in [-0.4, -0.2) is 12.3 Å². The number of hydrogen-bond donors (Lipinski definition) is 1. The highest BCUT2D eigenvalue weighted by Crippen LogP contribution is 2.14. The van der Waals surface area contributed by atoms with E-state index in [2.05, 4.69) is 5.32 Å². The van der Waals surface area contributed by atoms with E-state index in [1.165, 1.54) is 5.57 Å². The van der Waals surface area contributed by atoms with E-state index in [1.807, 2.05) is 13.8 Å². The second kappa shape index (κ2) is 1.62. The molecule has 1 aliphatic rings. The molecule has 1 aliphatic heterocycles. The van der Waals surface area contributed by atoms with Gasteiger partial charge in [0.2, 0.25) is 0 Å². The molecule has 1 heterocycles. The summed E-state index contributed by atoms with van der Waals surface area (Å²) in [6.45, 7) is 3.99. The summed E-state index contributed by atoms with van der Waals surface area (Å²) in [7, 11) is 0. The molecular weight excluding hydrogens is 102 g/mol. The molecule has 0 saturated carbocycles. The van der Waals surface area contributed by atoms with Gasteiger partial charge in [0, 0.05) is 6.04 Å². The molecule has 1 N–H and O–H groups in total. The van der Waals surface area contributed by atoms with Crippen molar-refractivity contribution in [3.05, 3.63) is 11.3 Å². The first-order chi connectivity index (χ1) is 3.75. The van der Waals surface area contributed by atoms with E-state index in [4.69, 9.17) is 0 Å². The number of aldehydes is 1. The van der Waals surface area contributed by atoms with E-state index >= 15 is 0 Å². The Morgan fingerprint density at radius 1 is 1.75 bits per heavy atom. The lowest BCUT2D eigenvalue weighted by Gasteiger charge is -2.27. The third-order valence-electron chi connectivity index (χ3n) is 1.56. The lowest BCUT2D eigenvalue weighted by Crippen LogP contribution is -2.39. The summed E-state index contributed by atoms with van der Waals surface area (Å²) in [5.41, 5.74) is 1.93. The summed E-state index contributed by atoms with van der Waals surface area (Å²) < 4.78 is 0. The van der Waals surface area contributed by atoms with Crippen LogP contribution < -0.4 is 5.32 Å². The van der Waals surface area contributed by atoms with Gasteiger partial charge < -0.3 is 5.32 Å². The Hall–Kier alpha value is -0.790. The van der Waals surface area contributed by atoms with E-state index in [0.717, 1.165) is 12.0 Å². The highest BCUT2D eigenvalue weighted by molar-refractivity contribution is 5.76. The van der Waals surface area contributed by atoms with Gasteiger partial charge in [-0.2, -0.15) is 0 Å². The highest BCUT2D eigenvalue weighted by atomic mass is 16.1. The van der Waals surface area contributed by atoms with E-state index < -0.39 is 0 Å². The number of carbonyl (C=O) groups is 1. The summed E-state index contributed by atoms with van der Waals surface area (Å²) in [6.07, 6.45) is 0.856. The fraction of sp³-hybridized carbons (Fsp3) is 0.500. The van der Waals surface area contributed by atoms with Crippen LogP contribution in [0.1, 0.15) is 13.8 Å². The van der Waals surface area contributed by atoms with Crippen molar-refractivity contribution in [2.45, 2.75) is 19.9 Å². The van der Waals surface area contributed by atoms with Crippen molar-refractivity contribution in [1.29, 1.82) is 0 Å². The first-order valence-electron chi connectivity index (χ1n) is 2.68. The van der Waals surface area contributed by atoms with E-state index in [1.54, 1.807) is 0 Å². The Morgan fingerprint density at radius 3 is 2.50 bits per heavy atom. The minimum absolute atomic E-state index is 0.412. The van der Waals surface area contributed by atoms with E-state index in [9.17, 15) is 4.79 Å². The van der Waals surface area contributed by atoms with Gasteiger partial charge >= 0.3 is 0 Å². The Kier molecular flexibility index (Phi) is 1.08. The molecule has 1 rings (SSSR count). The summed E-state index contributed by atoms with van der Waals surface area (Å²) in [5, 5.41) is 2.95. The van der Waals surface area contributed by atoms with Crippen LogP contribution in [0.5, 0.6) is 0 Å². The fourth-order valence-corrected chi connectivity index (χ4v) is 0.738. The molecule has 2 nitrogen and oxygen atoms in total. The fourth-order valence-electron chi connectivity index (χ4n) is 0.738. The van der Waals surface area contributed by atoms with Gasteiger partial charge in [-0.3, -0.25) is 4.79 Å². The van der Waals surface area contributed by atoms with Crippen molar-refractivity contribution in [1.82, 2.24) is 5.32 Å². The molecule has 1 unspecified atom stereocenters. The minimum Gasteiger partial charge on any atom is -0.376 e. The van der Waals surface area contributed by atoms with Crippen molar-refractivity contribution < 1.29 is 4.79 Å². The lowest BCUT2D eigenvalue weighted by molar-refractivity contribution is -0.105. The van der Waals surface area contributed by atoms with Crippen molar-refractivity contribution in [2.24, 2.45) is 0 Å². The van der Waals surface area contributed by atoms with Crippen LogP contribution in [-0.2, 0) is 4.79 Å². The molecule has 0 aromatic heterocycles. The van der Waals surface area contributed by atoms with Crippen LogP contribution in [0.4, 0.5) is 0 Å². The first-order valence-corrected chi connectivity index (χ1v) is 2.68. The summed E-state index contributed by atoms with van der Waals surface area (Å²) in [5.74, 6) is 0. The van der Waals surface area contributed by atoms with Gasteiger partial charge in [0.15, 0.2) is 6.29 Å². The summed E-state index contributed by atoms with van der Waals surface area (Å²) in [6, 6.07) is 0.412. The van der Waals surface area contributed by atoms with Crippen LogP contribution in [0, 0.1) is 0 Å². The quantitative estimate of drug-likeness (QED) is 0.498. The molecule has 0 aliphatic carbocycles. The third kappa shape index (κ3) is 0.529. The zero-order chi connectivity index (χ0) is 6.15. The zero-order valence-corrected chi connectivity index (χ0v) is 5.06. The normalized spacial score (nSPS) is 26.5. The standard InChI is InChI=1S/C6H9NO/c1-4-5(2)7-6(4)3-8/h3,5,7H,1-2H3. The Morgan fingerprint density at radius 2 is 2.38 bits per heavy atom. The topological polar surface area (TPSA) is 29.1 Å². The highest BCUT2D eigenvalue weighted by Gasteiger charge is 2.18. The predicted octanol–water partition coefficient (Wildman–Crippen LogP) is 0.451. The van der Waals surface area contributed by atoms with Gasteiger partial charge in [-0.25, -0.2) is 0 Å². The van der Waals surface area contributed by atoms with Gasteiger partial charge in [-0.15, -0.1) is 0 Å². The number of rotatable bonds is 1. The van der Waals surface area contributed by atoms with E-state index in [0.29, 0.717) is 6.04 Å². The monoisotopic (exact) mass is 111 g/mol. The predicted molar refractivity (Wildman–Crippen MR) is 31.4 cm³/mol. The van der Waals surface area contributed by atoms with Crippen LogP contribution in [0.15, 0.2) is 11.3 Å². The minimum atomic E-state index is 0.412. The van der Waals surface area contributed by atoms with Crippen LogP contribution >= 0.6 is 0 Å². The molecule has 0 radical (unpaired) electrons. The molecule has 2 heteroatoms. The number of carbonyl (C=O) groups excluding carboxylic acids is 1. The maximum Gasteiger partial charge on any atom is 0.165 e. The van der Waals surface area contributed by atoms with Gasteiger partial charge in [-0.05, 0) is 19.4 Å². The molecule has 1 atom stereocenters. The van der Waals surface area contributed by atoms with Gasteiger partial charge in [0.1, 0.15) is 0 Å². The first kappa shape index (κ1) is 5.35. The second-order valence-corrected chi connectivity index (χ2v) is 2.08. The molecule has 0 saturated heterocycles. The molecule has 0 aromatic carbocycles. The molecule has 0 spiro atoms. The van der Waals surface area contributed by atoms with Gasteiger partial charge in [0.25, 0.3) is 0 Å². The average Bonchev–Trinajstić information content (AvgIpc) is 1.81. The molecule has 0 amide bonds. The van der Waals surface area contributed by atoms with Crippen molar-refractivity contribution in [2.75, 3.05) is 0 Å². The molecule has 44 valence electrons. The Balaban J connectivity index is 2.71. The smallest absolute Gasteiger partial charge is 0.165 e.